The quantitative estimate of drug-likeness (QED) is 0.499. The fourth-order valence-electron chi connectivity index (χ4n) is 4.76. The SMILES string of the molecule is COc1ccc(CCN(C)c2nc(CN3CCOCC3)nc3sc4c(c23)CCC4)cc1OC. The molecular weight excluding hydrogens is 436 g/mol. The van der Waals surface area contributed by atoms with Crippen molar-refractivity contribution in [1.82, 2.24) is 14.9 Å². The van der Waals surface area contributed by atoms with Crippen molar-refractivity contribution < 1.29 is 14.2 Å². The van der Waals surface area contributed by atoms with Gasteiger partial charge in [0, 0.05) is 31.6 Å². The average Bonchev–Trinajstić information content (AvgIpc) is 3.43. The largest absolute Gasteiger partial charge is 0.493 e. The smallest absolute Gasteiger partial charge is 0.160 e. The van der Waals surface area contributed by atoms with Gasteiger partial charge in [-0.3, -0.25) is 4.90 Å². The summed E-state index contributed by atoms with van der Waals surface area (Å²) in [5, 5.41) is 1.27. The third-order valence-electron chi connectivity index (χ3n) is 6.61. The van der Waals surface area contributed by atoms with E-state index in [0.29, 0.717) is 0 Å². The van der Waals surface area contributed by atoms with E-state index in [1.807, 2.05) is 17.4 Å². The molecule has 1 aliphatic heterocycles. The highest BCUT2D eigenvalue weighted by Crippen LogP contribution is 2.40. The number of likely N-dealkylation sites (N-methyl/N-ethyl adjacent to an activating group) is 1. The lowest BCUT2D eigenvalue weighted by Gasteiger charge is -2.26. The van der Waals surface area contributed by atoms with E-state index >= 15 is 0 Å². The van der Waals surface area contributed by atoms with Gasteiger partial charge in [0.1, 0.15) is 16.5 Å². The summed E-state index contributed by atoms with van der Waals surface area (Å²) in [7, 11) is 5.50. The predicted molar refractivity (Wildman–Crippen MR) is 132 cm³/mol. The molecule has 5 rings (SSSR count). The Morgan fingerprint density at radius 1 is 1.09 bits per heavy atom. The number of hydrogen-bond donors (Lipinski definition) is 0. The minimum Gasteiger partial charge on any atom is -0.493 e. The van der Waals surface area contributed by atoms with Crippen LogP contribution in [0.1, 0.15) is 28.2 Å². The molecule has 0 radical (unpaired) electrons. The molecule has 1 aromatic carbocycles. The van der Waals surface area contributed by atoms with Crippen molar-refractivity contribution in [3.63, 3.8) is 0 Å². The third-order valence-corrected chi connectivity index (χ3v) is 7.79. The van der Waals surface area contributed by atoms with E-state index in [2.05, 4.69) is 29.0 Å². The second-order valence-corrected chi connectivity index (χ2v) is 9.83. The molecule has 2 aliphatic rings. The maximum Gasteiger partial charge on any atom is 0.160 e. The molecule has 33 heavy (non-hydrogen) atoms. The van der Waals surface area contributed by atoms with Crippen molar-refractivity contribution in [2.45, 2.75) is 32.2 Å². The number of thiophene rings is 1. The third kappa shape index (κ3) is 4.65. The van der Waals surface area contributed by atoms with E-state index in [4.69, 9.17) is 24.2 Å². The van der Waals surface area contributed by atoms with Gasteiger partial charge in [0.25, 0.3) is 0 Å². The van der Waals surface area contributed by atoms with Crippen molar-refractivity contribution >= 4 is 27.4 Å². The number of morpholine rings is 1. The lowest BCUT2D eigenvalue weighted by molar-refractivity contribution is 0.0331. The molecule has 0 saturated carbocycles. The highest BCUT2D eigenvalue weighted by Gasteiger charge is 2.24. The van der Waals surface area contributed by atoms with Crippen LogP contribution in [0.3, 0.4) is 0 Å². The molecule has 7 nitrogen and oxygen atoms in total. The Morgan fingerprint density at radius 2 is 1.91 bits per heavy atom. The van der Waals surface area contributed by atoms with E-state index < -0.39 is 0 Å². The lowest BCUT2D eigenvalue weighted by atomic mass is 10.1. The van der Waals surface area contributed by atoms with Gasteiger partial charge < -0.3 is 19.1 Å². The number of methoxy groups -OCH3 is 2. The molecule has 3 heterocycles. The number of hydrogen-bond acceptors (Lipinski definition) is 8. The molecule has 0 unspecified atom stereocenters. The predicted octanol–water partition coefficient (Wildman–Crippen LogP) is 3.71. The molecule has 1 aliphatic carbocycles. The lowest BCUT2D eigenvalue weighted by Crippen LogP contribution is -2.36. The van der Waals surface area contributed by atoms with Crippen LogP contribution in [0.25, 0.3) is 10.2 Å². The summed E-state index contributed by atoms with van der Waals surface area (Å²) in [6.45, 7) is 5.09. The Morgan fingerprint density at radius 3 is 2.70 bits per heavy atom. The zero-order valence-corrected chi connectivity index (χ0v) is 20.5. The summed E-state index contributed by atoms with van der Waals surface area (Å²) in [5.74, 6) is 3.51. The fourth-order valence-corrected chi connectivity index (χ4v) is 6.04. The Hall–Kier alpha value is -2.42. The van der Waals surface area contributed by atoms with Gasteiger partial charge in [0.15, 0.2) is 11.5 Å². The maximum absolute atomic E-state index is 5.51. The molecule has 0 spiro atoms. The second-order valence-electron chi connectivity index (χ2n) is 8.75. The minimum absolute atomic E-state index is 0.758. The van der Waals surface area contributed by atoms with Gasteiger partial charge in [-0.2, -0.15) is 0 Å². The van der Waals surface area contributed by atoms with E-state index in [-0.39, 0.29) is 0 Å². The van der Waals surface area contributed by atoms with Crippen molar-refractivity contribution in [2.75, 3.05) is 59.0 Å². The van der Waals surface area contributed by atoms with Gasteiger partial charge in [-0.05, 0) is 48.9 Å². The van der Waals surface area contributed by atoms with Crippen LogP contribution < -0.4 is 14.4 Å². The van der Waals surface area contributed by atoms with Crippen molar-refractivity contribution in [1.29, 1.82) is 0 Å². The number of benzene rings is 1. The first kappa shape index (κ1) is 22.4. The highest BCUT2D eigenvalue weighted by molar-refractivity contribution is 7.19. The molecule has 0 bridgehead atoms. The number of nitrogens with zero attached hydrogens (tertiary/aromatic N) is 4. The Kier molecular flexibility index (Phi) is 6.66. The van der Waals surface area contributed by atoms with Gasteiger partial charge >= 0.3 is 0 Å². The van der Waals surface area contributed by atoms with Crippen molar-refractivity contribution in [3.8, 4) is 11.5 Å². The van der Waals surface area contributed by atoms with Crippen LogP contribution in [-0.2, 0) is 30.5 Å². The molecule has 0 atom stereocenters. The number of aryl methyl sites for hydroxylation is 2. The number of aromatic nitrogens is 2. The Labute approximate surface area is 199 Å². The molecule has 0 N–H and O–H groups in total. The minimum atomic E-state index is 0.758. The number of ether oxygens (including phenoxy) is 3. The Balaban J connectivity index is 1.41. The summed E-state index contributed by atoms with van der Waals surface area (Å²) in [5.41, 5.74) is 2.69. The summed E-state index contributed by atoms with van der Waals surface area (Å²) in [4.78, 5) is 17.4. The van der Waals surface area contributed by atoms with Crippen LogP contribution in [-0.4, -0.2) is 69.0 Å². The van der Waals surface area contributed by atoms with Gasteiger partial charge in [-0.1, -0.05) is 6.07 Å². The van der Waals surface area contributed by atoms with Gasteiger partial charge in [0.05, 0.1) is 39.4 Å². The topological polar surface area (TPSA) is 60.0 Å². The molecule has 1 saturated heterocycles. The number of fused-ring (bicyclic) bond motifs is 3. The van der Waals surface area contributed by atoms with Crippen LogP contribution in [0.2, 0.25) is 0 Å². The second kappa shape index (κ2) is 9.83. The van der Waals surface area contributed by atoms with E-state index in [9.17, 15) is 0 Å². The van der Waals surface area contributed by atoms with Gasteiger partial charge in [-0.15, -0.1) is 11.3 Å². The number of anilines is 1. The first-order valence-electron chi connectivity index (χ1n) is 11.7. The molecule has 8 heteroatoms. The first-order valence-corrected chi connectivity index (χ1v) is 12.5. The van der Waals surface area contributed by atoms with Crippen LogP contribution in [0, 0.1) is 0 Å². The zero-order chi connectivity index (χ0) is 22.8. The normalized spacial score (nSPS) is 16.2. The maximum atomic E-state index is 5.51. The molecule has 3 aromatic rings. The molecular formula is C25H32N4O3S. The summed E-state index contributed by atoms with van der Waals surface area (Å²) in [6, 6.07) is 6.15. The van der Waals surface area contributed by atoms with E-state index in [1.54, 1.807) is 14.2 Å². The Bertz CT molecular complexity index is 1130. The van der Waals surface area contributed by atoms with Crippen LogP contribution in [0.4, 0.5) is 5.82 Å². The summed E-state index contributed by atoms with van der Waals surface area (Å²) in [6.07, 6.45) is 4.44. The van der Waals surface area contributed by atoms with Crippen molar-refractivity contribution in [2.24, 2.45) is 0 Å². The summed E-state index contributed by atoms with van der Waals surface area (Å²) < 4.78 is 16.4. The summed E-state index contributed by atoms with van der Waals surface area (Å²) >= 11 is 1.87. The van der Waals surface area contributed by atoms with E-state index in [1.165, 1.54) is 34.2 Å². The molecule has 176 valence electrons. The first-order chi connectivity index (χ1) is 16.2. The van der Waals surface area contributed by atoms with Crippen LogP contribution in [0.5, 0.6) is 11.5 Å². The van der Waals surface area contributed by atoms with Gasteiger partial charge in [-0.25, -0.2) is 9.97 Å². The molecule has 2 aromatic heterocycles. The van der Waals surface area contributed by atoms with E-state index in [0.717, 1.165) is 80.2 Å². The average molecular weight is 469 g/mol. The zero-order valence-electron chi connectivity index (χ0n) is 19.7. The van der Waals surface area contributed by atoms with Crippen LogP contribution in [0.15, 0.2) is 18.2 Å². The highest BCUT2D eigenvalue weighted by atomic mass is 32.1. The number of rotatable bonds is 8. The van der Waals surface area contributed by atoms with Crippen LogP contribution >= 0.6 is 11.3 Å². The monoisotopic (exact) mass is 468 g/mol. The fraction of sp³-hybridized carbons (Fsp3) is 0.520. The molecule has 1 fully saturated rings. The standard InChI is InChI=1S/C25H32N4O3S/c1-28(10-9-17-7-8-19(30-2)20(15-17)31-3)24-23-18-5-4-6-21(18)33-25(23)27-22(26-24)16-29-11-13-32-14-12-29/h7-8,15H,4-6,9-14,16H2,1-3H3. The van der Waals surface area contributed by atoms with Gasteiger partial charge in [0.2, 0.25) is 0 Å². The molecule has 0 amide bonds. The van der Waals surface area contributed by atoms with Crippen molar-refractivity contribution in [3.05, 3.63) is 40.0 Å².